The number of aryl methyl sites for hydroxylation is 1. The lowest BCUT2D eigenvalue weighted by Crippen LogP contribution is -2.27. The molecule has 2 atom stereocenters. The first-order valence-corrected chi connectivity index (χ1v) is 4.97. The highest BCUT2D eigenvalue weighted by atomic mass is 16.3. The van der Waals surface area contributed by atoms with Crippen LogP contribution in [0.3, 0.4) is 0 Å². The highest BCUT2D eigenvalue weighted by Crippen LogP contribution is 2.27. The zero-order chi connectivity index (χ0) is 9.26. The van der Waals surface area contributed by atoms with Crippen LogP contribution in [0.1, 0.15) is 37.4 Å². The minimum absolute atomic E-state index is 0.201. The molecule has 1 aromatic rings. The first kappa shape index (κ1) is 8.75. The lowest BCUT2D eigenvalue weighted by molar-refractivity contribution is 0.0693. The molecule has 1 aliphatic carbocycles. The van der Waals surface area contributed by atoms with Crippen LogP contribution in [0.25, 0.3) is 0 Å². The molecule has 1 fully saturated rings. The average Bonchev–Trinajstić information content (AvgIpc) is 2.53. The number of hydrogen-bond donors (Lipinski definition) is 1. The molecule has 3 heteroatoms. The number of aromatic nitrogens is 2. The van der Waals surface area contributed by atoms with E-state index in [0.29, 0.717) is 0 Å². The second-order valence-corrected chi connectivity index (χ2v) is 3.86. The van der Waals surface area contributed by atoms with E-state index in [0.717, 1.165) is 25.0 Å². The van der Waals surface area contributed by atoms with Crippen LogP contribution in [0.15, 0.2) is 12.3 Å². The molecule has 0 radical (unpaired) electrons. The largest absolute Gasteiger partial charge is 0.391 e. The molecular formula is C10H16N2O. The fourth-order valence-electron chi connectivity index (χ4n) is 2.02. The highest BCUT2D eigenvalue weighted by molar-refractivity contribution is 4.97. The highest BCUT2D eigenvalue weighted by Gasteiger charge is 2.24. The van der Waals surface area contributed by atoms with E-state index in [2.05, 4.69) is 5.10 Å². The van der Waals surface area contributed by atoms with Gasteiger partial charge in [0.25, 0.3) is 0 Å². The lowest BCUT2D eigenvalue weighted by atomic mass is 9.93. The van der Waals surface area contributed by atoms with Crippen LogP contribution < -0.4 is 0 Å². The van der Waals surface area contributed by atoms with Gasteiger partial charge in [-0.2, -0.15) is 5.10 Å². The van der Waals surface area contributed by atoms with Crippen molar-refractivity contribution in [1.29, 1.82) is 0 Å². The van der Waals surface area contributed by atoms with Crippen molar-refractivity contribution in [2.45, 2.75) is 44.8 Å². The SMILES string of the molecule is Cc1ccn([C@@H]2CCCC[C@H]2O)n1. The molecule has 1 aliphatic rings. The van der Waals surface area contributed by atoms with Crippen molar-refractivity contribution in [3.05, 3.63) is 18.0 Å². The third-order valence-corrected chi connectivity index (χ3v) is 2.78. The van der Waals surface area contributed by atoms with E-state index in [4.69, 9.17) is 0 Å². The molecule has 0 bridgehead atoms. The Morgan fingerprint density at radius 2 is 2.23 bits per heavy atom. The van der Waals surface area contributed by atoms with Gasteiger partial charge in [-0.15, -0.1) is 0 Å². The van der Waals surface area contributed by atoms with Gasteiger partial charge in [-0.3, -0.25) is 4.68 Å². The molecule has 0 spiro atoms. The maximum Gasteiger partial charge on any atom is 0.0778 e. The van der Waals surface area contributed by atoms with Crippen molar-refractivity contribution in [2.75, 3.05) is 0 Å². The van der Waals surface area contributed by atoms with E-state index in [1.165, 1.54) is 6.42 Å². The molecule has 1 N–H and O–H groups in total. The van der Waals surface area contributed by atoms with Gasteiger partial charge in [-0.1, -0.05) is 12.8 Å². The predicted molar refractivity (Wildman–Crippen MR) is 50.5 cm³/mol. The van der Waals surface area contributed by atoms with Crippen LogP contribution in [0.4, 0.5) is 0 Å². The summed E-state index contributed by atoms with van der Waals surface area (Å²) in [4.78, 5) is 0. The second-order valence-electron chi connectivity index (χ2n) is 3.86. The van der Waals surface area contributed by atoms with Gasteiger partial charge in [0.05, 0.1) is 17.8 Å². The molecule has 0 saturated heterocycles. The summed E-state index contributed by atoms with van der Waals surface area (Å²) in [5, 5.41) is 14.1. The Morgan fingerprint density at radius 3 is 2.85 bits per heavy atom. The quantitative estimate of drug-likeness (QED) is 0.713. The molecule has 2 rings (SSSR count). The first-order chi connectivity index (χ1) is 6.27. The van der Waals surface area contributed by atoms with Crippen molar-refractivity contribution in [3.63, 3.8) is 0 Å². The van der Waals surface area contributed by atoms with Crippen LogP contribution in [0.5, 0.6) is 0 Å². The van der Waals surface area contributed by atoms with Gasteiger partial charge >= 0.3 is 0 Å². The summed E-state index contributed by atoms with van der Waals surface area (Å²) in [6.07, 6.45) is 6.10. The summed E-state index contributed by atoms with van der Waals surface area (Å²) in [6, 6.07) is 2.20. The molecule has 1 saturated carbocycles. The van der Waals surface area contributed by atoms with Crippen molar-refractivity contribution >= 4 is 0 Å². The second kappa shape index (κ2) is 3.50. The summed E-state index contributed by atoms with van der Waals surface area (Å²) in [5.74, 6) is 0. The van der Waals surface area contributed by atoms with Crippen molar-refractivity contribution < 1.29 is 5.11 Å². The molecule has 3 nitrogen and oxygen atoms in total. The third kappa shape index (κ3) is 1.75. The Labute approximate surface area is 78.4 Å². The Morgan fingerprint density at radius 1 is 1.46 bits per heavy atom. The van der Waals surface area contributed by atoms with Crippen LogP contribution in [0, 0.1) is 6.92 Å². The van der Waals surface area contributed by atoms with Crippen LogP contribution in [0.2, 0.25) is 0 Å². The third-order valence-electron chi connectivity index (χ3n) is 2.78. The van der Waals surface area contributed by atoms with Gasteiger partial charge in [0.15, 0.2) is 0 Å². The summed E-state index contributed by atoms with van der Waals surface area (Å²) in [7, 11) is 0. The molecule has 72 valence electrons. The number of aliphatic hydroxyl groups excluding tert-OH is 1. The summed E-state index contributed by atoms with van der Waals surface area (Å²) in [6.45, 7) is 1.98. The fraction of sp³-hybridized carbons (Fsp3) is 0.700. The normalized spacial score (nSPS) is 29.1. The smallest absolute Gasteiger partial charge is 0.0778 e. The van der Waals surface area contributed by atoms with Gasteiger partial charge in [0.2, 0.25) is 0 Å². The molecule has 13 heavy (non-hydrogen) atoms. The number of nitrogens with zero attached hydrogens (tertiary/aromatic N) is 2. The van der Waals surface area contributed by atoms with Gasteiger partial charge < -0.3 is 5.11 Å². The lowest BCUT2D eigenvalue weighted by Gasteiger charge is -2.27. The Balaban J connectivity index is 2.14. The zero-order valence-electron chi connectivity index (χ0n) is 7.98. The Kier molecular flexibility index (Phi) is 2.36. The molecule has 0 amide bonds. The molecule has 1 heterocycles. The summed E-state index contributed by atoms with van der Waals surface area (Å²) in [5.41, 5.74) is 1.03. The van der Waals surface area contributed by atoms with Gasteiger partial charge in [0, 0.05) is 6.20 Å². The Bertz CT molecular complexity index is 282. The van der Waals surface area contributed by atoms with Gasteiger partial charge in [-0.05, 0) is 25.8 Å². The van der Waals surface area contributed by atoms with Crippen molar-refractivity contribution in [1.82, 2.24) is 9.78 Å². The van der Waals surface area contributed by atoms with E-state index < -0.39 is 0 Å². The molecule has 1 aromatic heterocycles. The van der Waals surface area contributed by atoms with Gasteiger partial charge in [-0.25, -0.2) is 0 Å². The maximum atomic E-state index is 9.77. The molecular weight excluding hydrogens is 164 g/mol. The molecule has 0 aromatic carbocycles. The zero-order valence-corrected chi connectivity index (χ0v) is 7.98. The fourth-order valence-corrected chi connectivity index (χ4v) is 2.02. The van der Waals surface area contributed by atoms with Crippen molar-refractivity contribution in [3.8, 4) is 0 Å². The maximum absolute atomic E-state index is 9.77. The average molecular weight is 180 g/mol. The standard InChI is InChI=1S/C10H16N2O/c1-8-6-7-12(11-8)9-4-2-3-5-10(9)13/h6-7,9-10,13H,2-5H2,1H3/t9-,10-/m1/s1. The van der Waals surface area contributed by atoms with E-state index in [1.54, 1.807) is 0 Å². The summed E-state index contributed by atoms with van der Waals surface area (Å²) >= 11 is 0. The minimum atomic E-state index is -0.201. The van der Waals surface area contributed by atoms with Crippen LogP contribution in [-0.2, 0) is 0 Å². The predicted octanol–water partition coefficient (Wildman–Crippen LogP) is 1.67. The first-order valence-electron chi connectivity index (χ1n) is 4.97. The monoisotopic (exact) mass is 180 g/mol. The van der Waals surface area contributed by atoms with E-state index in [-0.39, 0.29) is 12.1 Å². The summed E-state index contributed by atoms with van der Waals surface area (Å²) < 4.78 is 1.92. The van der Waals surface area contributed by atoms with Crippen molar-refractivity contribution in [2.24, 2.45) is 0 Å². The number of aliphatic hydroxyl groups is 1. The minimum Gasteiger partial charge on any atom is -0.391 e. The van der Waals surface area contributed by atoms with Crippen LogP contribution >= 0.6 is 0 Å². The van der Waals surface area contributed by atoms with Crippen LogP contribution in [-0.4, -0.2) is 21.0 Å². The topological polar surface area (TPSA) is 38.0 Å². The van der Waals surface area contributed by atoms with Gasteiger partial charge in [0.1, 0.15) is 0 Å². The number of hydrogen-bond acceptors (Lipinski definition) is 2. The number of rotatable bonds is 1. The van der Waals surface area contributed by atoms with E-state index >= 15 is 0 Å². The Hall–Kier alpha value is -0.830. The van der Waals surface area contributed by atoms with E-state index in [9.17, 15) is 5.11 Å². The molecule has 0 unspecified atom stereocenters. The van der Waals surface area contributed by atoms with E-state index in [1.807, 2.05) is 23.9 Å². The molecule has 0 aliphatic heterocycles.